The van der Waals surface area contributed by atoms with Crippen LogP contribution in [0, 0.1) is 0 Å². The van der Waals surface area contributed by atoms with Crippen molar-refractivity contribution in [2.45, 2.75) is 12.8 Å². The fourth-order valence-corrected chi connectivity index (χ4v) is 3.42. The first kappa shape index (κ1) is 19.5. The molecule has 0 bridgehead atoms. The smallest absolute Gasteiger partial charge is 0.337 e. The first-order chi connectivity index (χ1) is 14.6. The second-order valence-electron chi connectivity index (χ2n) is 7.05. The molecule has 0 aromatic heterocycles. The molecule has 6 nitrogen and oxygen atoms in total. The number of hydrogen-bond acceptors (Lipinski definition) is 5. The summed E-state index contributed by atoms with van der Waals surface area (Å²) >= 11 is 0. The van der Waals surface area contributed by atoms with Gasteiger partial charge in [0.1, 0.15) is 18.5 Å². The highest BCUT2D eigenvalue weighted by atomic mass is 16.5. The lowest BCUT2D eigenvalue weighted by atomic mass is 10.0. The Kier molecular flexibility index (Phi) is 5.39. The van der Waals surface area contributed by atoms with Crippen LogP contribution in [0.4, 0.5) is 5.69 Å². The van der Waals surface area contributed by atoms with Crippen LogP contribution in [0.15, 0.2) is 72.8 Å². The SMILES string of the molecule is COC(=O)c1ccc(COc2ccc([C@@H]3Nc4ccccc4C(=O)N3C)cc2)cc1. The predicted octanol–water partition coefficient (Wildman–Crippen LogP) is 4.25. The quantitative estimate of drug-likeness (QED) is 0.647. The van der Waals surface area contributed by atoms with Crippen molar-refractivity contribution in [1.29, 1.82) is 0 Å². The Labute approximate surface area is 175 Å². The molecule has 3 aromatic carbocycles. The van der Waals surface area contributed by atoms with E-state index in [4.69, 9.17) is 9.47 Å². The molecule has 1 aliphatic rings. The number of methoxy groups -OCH3 is 1. The average molecular weight is 402 g/mol. The van der Waals surface area contributed by atoms with Gasteiger partial charge in [-0.05, 0) is 47.5 Å². The van der Waals surface area contributed by atoms with Crippen LogP contribution >= 0.6 is 0 Å². The Bertz CT molecular complexity index is 1060. The minimum absolute atomic E-state index is 0.00919. The maximum absolute atomic E-state index is 12.6. The van der Waals surface area contributed by atoms with Crippen molar-refractivity contribution >= 4 is 17.6 Å². The van der Waals surface area contributed by atoms with Gasteiger partial charge in [-0.3, -0.25) is 4.79 Å². The maximum Gasteiger partial charge on any atom is 0.337 e. The molecular formula is C24H22N2O4. The summed E-state index contributed by atoms with van der Waals surface area (Å²) < 4.78 is 10.5. The van der Waals surface area contributed by atoms with Crippen LogP contribution in [0.2, 0.25) is 0 Å². The second-order valence-corrected chi connectivity index (χ2v) is 7.05. The van der Waals surface area contributed by atoms with Crippen molar-refractivity contribution in [1.82, 2.24) is 4.90 Å². The molecule has 152 valence electrons. The van der Waals surface area contributed by atoms with E-state index in [9.17, 15) is 9.59 Å². The van der Waals surface area contributed by atoms with Gasteiger partial charge in [0.2, 0.25) is 0 Å². The van der Waals surface area contributed by atoms with E-state index < -0.39 is 0 Å². The maximum atomic E-state index is 12.6. The summed E-state index contributed by atoms with van der Waals surface area (Å²) in [7, 11) is 3.15. The van der Waals surface area contributed by atoms with E-state index in [0.717, 1.165) is 22.6 Å². The molecule has 1 amide bonds. The highest BCUT2D eigenvalue weighted by Gasteiger charge is 2.29. The normalized spacial score (nSPS) is 15.2. The number of nitrogens with one attached hydrogen (secondary N) is 1. The first-order valence-corrected chi connectivity index (χ1v) is 9.59. The molecule has 0 saturated heterocycles. The summed E-state index contributed by atoms with van der Waals surface area (Å²) in [5, 5.41) is 3.42. The summed E-state index contributed by atoms with van der Waals surface area (Å²) in [6.07, 6.45) is -0.243. The van der Waals surface area contributed by atoms with Crippen molar-refractivity contribution in [3.8, 4) is 5.75 Å². The van der Waals surface area contributed by atoms with E-state index in [0.29, 0.717) is 17.7 Å². The third kappa shape index (κ3) is 3.85. The molecule has 30 heavy (non-hydrogen) atoms. The van der Waals surface area contributed by atoms with Gasteiger partial charge in [0.05, 0.1) is 18.2 Å². The molecule has 4 rings (SSSR count). The van der Waals surface area contributed by atoms with Crippen LogP contribution in [-0.2, 0) is 11.3 Å². The number of rotatable bonds is 5. The van der Waals surface area contributed by atoms with Crippen molar-refractivity contribution in [3.05, 3.63) is 95.1 Å². The van der Waals surface area contributed by atoms with Crippen molar-refractivity contribution < 1.29 is 19.1 Å². The van der Waals surface area contributed by atoms with Crippen molar-refractivity contribution in [2.75, 3.05) is 19.5 Å². The van der Waals surface area contributed by atoms with Gasteiger partial charge < -0.3 is 19.7 Å². The molecule has 0 unspecified atom stereocenters. The topological polar surface area (TPSA) is 67.9 Å². The van der Waals surface area contributed by atoms with E-state index in [-0.39, 0.29) is 18.0 Å². The van der Waals surface area contributed by atoms with Gasteiger partial charge in [-0.25, -0.2) is 4.79 Å². The number of amides is 1. The largest absolute Gasteiger partial charge is 0.489 e. The Balaban J connectivity index is 1.42. The standard InChI is InChI=1S/C24H22N2O4/c1-26-22(25-21-6-4-3-5-20(21)23(26)27)17-11-13-19(14-12-17)30-15-16-7-9-18(10-8-16)24(28)29-2/h3-14,22,25H,15H2,1-2H3/t22-/m1/s1. The Hall–Kier alpha value is -3.80. The summed E-state index contributed by atoms with van der Waals surface area (Å²) in [4.78, 5) is 25.8. The summed E-state index contributed by atoms with van der Waals surface area (Å²) in [5.41, 5.74) is 3.93. The van der Waals surface area contributed by atoms with Gasteiger partial charge in [-0.15, -0.1) is 0 Å². The van der Waals surface area contributed by atoms with E-state index in [2.05, 4.69) is 5.32 Å². The fourth-order valence-electron chi connectivity index (χ4n) is 3.42. The monoisotopic (exact) mass is 402 g/mol. The third-order valence-corrected chi connectivity index (χ3v) is 5.13. The van der Waals surface area contributed by atoms with Gasteiger partial charge in [-0.2, -0.15) is 0 Å². The third-order valence-electron chi connectivity index (χ3n) is 5.13. The lowest BCUT2D eigenvalue weighted by Gasteiger charge is -2.35. The number of carbonyl (C=O) groups is 2. The van der Waals surface area contributed by atoms with E-state index in [1.54, 1.807) is 24.1 Å². The van der Waals surface area contributed by atoms with Crippen LogP contribution in [0.3, 0.4) is 0 Å². The number of anilines is 1. The van der Waals surface area contributed by atoms with Crippen LogP contribution in [0.1, 0.15) is 38.0 Å². The number of fused-ring (bicyclic) bond motifs is 1. The van der Waals surface area contributed by atoms with Gasteiger partial charge in [0.15, 0.2) is 0 Å². The van der Waals surface area contributed by atoms with E-state index in [1.807, 2.05) is 60.7 Å². The second kappa shape index (κ2) is 8.29. The van der Waals surface area contributed by atoms with Crippen LogP contribution < -0.4 is 10.1 Å². The summed E-state index contributed by atoms with van der Waals surface area (Å²) in [6, 6.07) is 22.3. The Morgan fingerprint density at radius 1 is 1.00 bits per heavy atom. The number of benzene rings is 3. The lowest BCUT2D eigenvalue weighted by Crippen LogP contribution is -2.40. The van der Waals surface area contributed by atoms with Crippen LogP contribution in [0.25, 0.3) is 0 Å². The Morgan fingerprint density at radius 3 is 2.40 bits per heavy atom. The summed E-state index contributed by atoms with van der Waals surface area (Å²) in [5.74, 6) is 0.353. The van der Waals surface area contributed by atoms with Gasteiger partial charge in [-0.1, -0.05) is 36.4 Å². The van der Waals surface area contributed by atoms with Gasteiger partial charge >= 0.3 is 5.97 Å². The molecule has 1 aliphatic heterocycles. The van der Waals surface area contributed by atoms with Gasteiger partial charge in [0.25, 0.3) is 5.91 Å². The number of nitrogens with zero attached hydrogens (tertiary/aromatic N) is 1. The molecule has 0 aliphatic carbocycles. The lowest BCUT2D eigenvalue weighted by molar-refractivity contribution is 0.0600. The number of carbonyl (C=O) groups excluding carboxylic acids is 2. The molecule has 3 aromatic rings. The average Bonchev–Trinajstić information content (AvgIpc) is 2.80. The Morgan fingerprint density at radius 2 is 1.70 bits per heavy atom. The van der Waals surface area contributed by atoms with Gasteiger partial charge in [0, 0.05) is 12.7 Å². The van der Waals surface area contributed by atoms with Crippen LogP contribution in [-0.4, -0.2) is 30.9 Å². The number of ether oxygens (including phenoxy) is 2. The highest BCUT2D eigenvalue weighted by molar-refractivity contribution is 6.01. The molecule has 1 atom stereocenters. The summed E-state index contributed by atoms with van der Waals surface area (Å²) in [6.45, 7) is 0.383. The molecule has 6 heteroatoms. The zero-order valence-corrected chi connectivity index (χ0v) is 16.8. The molecular weight excluding hydrogens is 380 g/mol. The zero-order chi connectivity index (χ0) is 21.1. The first-order valence-electron chi connectivity index (χ1n) is 9.59. The fraction of sp³-hybridized carbons (Fsp3) is 0.167. The highest BCUT2D eigenvalue weighted by Crippen LogP contribution is 2.32. The number of hydrogen-bond donors (Lipinski definition) is 1. The number of para-hydroxylation sites is 1. The van der Waals surface area contributed by atoms with E-state index in [1.165, 1.54) is 7.11 Å². The minimum atomic E-state index is -0.361. The minimum Gasteiger partial charge on any atom is -0.489 e. The zero-order valence-electron chi connectivity index (χ0n) is 16.8. The molecule has 0 radical (unpaired) electrons. The van der Waals surface area contributed by atoms with Crippen LogP contribution in [0.5, 0.6) is 5.75 Å². The molecule has 0 spiro atoms. The van der Waals surface area contributed by atoms with Crippen molar-refractivity contribution in [3.63, 3.8) is 0 Å². The predicted molar refractivity (Wildman–Crippen MR) is 113 cm³/mol. The molecule has 1 heterocycles. The molecule has 0 saturated carbocycles. The van der Waals surface area contributed by atoms with E-state index >= 15 is 0 Å². The number of esters is 1. The molecule has 1 N–H and O–H groups in total. The van der Waals surface area contributed by atoms with Crippen molar-refractivity contribution in [2.24, 2.45) is 0 Å². The molecule has 0 fully saturated rings.